The van der Waals surface area contributed by atoms with Crippen LogP contribution in [0, 0.1) is 5.92 Å². The molecule has 1 aliphatic rings. The number of benzene rings is 2. The van der Waals surface area contributed by atoms with E-state index in [1.165, 1.54) is 33.0 Å². The zero-order valence-electron chi connectivity index (χ0n) is 11.8. The van der Waals surface area contributed by atoms with Crippen LogP contribution < -0.4 is 0 Å². The summed E-state index contributed by atoms with van der Waals surface area (Å²) in [6.07, 6.45) is 12.8. The lowest BCUT2D eigenvalue weighted by Crippen LogP contribution is -1.94. The summed E-state index contributed by atoms with van der Waals surface area (Å²) in [5, 5.41) is 2.52. The molecule has 0 heteroatoms. The van der Waals surface area contributed by atoms with E-state index in [1.807, 2.05) is 12.2 Å². The summed E-state index contributed by atoms with van der Waals surface area (Å²) in [5.41, 5.74) is 4.86. The van der Waals surface area contributed by atoms with Gasteiger partial charge in [-0.2, -0.15) is 0 Å². The fourth-order valence-electron chi connectivity index (χ4n) is 2.89. The maximum Gasteiger partial charge on any atom is -0.00752 e. The number of hydrogen-bond donors (Lipinski definition) is 0. The number of hydrogen-bond acceptors (Lipinski definition) is 0. The van der Waals surface area contributed by atoms with E-state index in [4.69, 9.17) is 0 Å². The Morgan fingerprint density at radius 2 is 1.45 bits per heavy atom. The smallest absolute Gasteiger partial charge is 0.00752 e. The Labute approximate surface area is 120 Å². The van der Waals surface area contributed by atoms with Gasteiger partial charge in [0.25, 0.3) is 0 Å². The highest BCUT2D eigenvalue weighted by molar-refractivity contribution is 6.03. The van der Waals surface area contributed by atoms with Gasteiger partial charge in [-0.15, -0.1) is 0 Å². The van der Waals surface area contributed by atoms with Gasteiger partial charge in [0.1, 0.15) is 0 Å². The zero-order valence-corrected chi connectivity index (χ0v) is 11.8. The van der Waals surface area contributed by atoms with E-state index in [0.29, 0.717) is 5.92 Å². The van der Waals surface area contributed by atoms with Crippen molar-refractivity contribution in [3.8, 4) is 0 Å². The van der Waals surface area contributed by atoms with Gasteiger partial charge in [-0.25, -0.2) is 0 Å². The molecule has 0 bridgehead atoms. The van der Waals surface area contributed by atoms with Crippen molar-refractivity contribution in [3.05, 3.63) is 71.8 Å². The summed E-state index contributed by atoms with van der Waals surface area (Å²) >= 11 is 0. The summed E-state index contributed by atoms with van der Waals surface area (Å²) < 4.78 is 0. The van der Waals surface area contributed by atoms with Crippen LogP contribution in [0.4, 0.5) is 0 Å². The Hall–Kier alpha value is -2.34. The summed E-state index contributed by atoms with van der Waals surface area (Å²) in [6, 6.07) is 8.51. The first kappa shape index (κ1) is 12.7. The van der Waals surface area contributed by atoms with Crippen molar-refractivity contribution in [2.75, 3.05) is 0 Å². The molecular weight excluding hydrogens is 240 g/mol. The molecule has 20 heavy (non-hydrogen) atoms. The second-order valence-corrected chi connectivity index (χ2v) is 5.19. The Morgan fingerprint density at radius 1 is 0.850 bits per heavy atom. The van der Waals surface area contributed by atoms with E-state index in [-0.39, 0.29) is 0 Å². The van der Waals surface area contributed by atoms with E-state index >= 15 is 0 Å². The minimum absolute atomic E-state index is 0.450. The van der Waals surface area contributed by atoms with Crippen molar-refractivity contribution >= 4 is 35.1 Å². The predicted molar refractivity (Wildman–Crippen MR) is 91.4 cm³/mol. The van der Waals surface area contributed by atoms with E-state index in [9.17, 15) is 0 Å². The molecule has 0 aromatic heterocycles. The Bertz CT molecular complexity index is 757. The van der Waals surface area contributed by atoms with Gasteiger partial charge in [0.2, 0.25) is 0 Å². The number of fused-ring (bicyclic) bond motifs is 3. The fourth-order valence-corrected chi connectivity index (χ4v) is 2.89. The maximum atomic E-state index is 4.00. The molecular formula is C20H18. The van der Waals surface area contributed by atoms with Gasteiger partial charge in [-0.1, -0.05) is 80.8 Å². The van der Waals surface area contributed by atoms with Crippen molar-refractivity contribution in [3.63, 3.8) is 0 Å². The number of rotatable bonds is 2. The Morgan fingerprint density at radius 3 is 2.10 bits per heavy atom. The molecule has 0 heterocycles. The van der Waals surface area contributed by atoms with E-state index < -0.39 is 0 Å². The van der Waals surface area contributed by atoms with E-state index in [0.717, 1.165) is 0 Å². The van der Waals surface area contributed by atoms with E-state index in [1.54, 1.807) is 0 Å². The zero-order chi connectivity index (χ0) is 14.1. The second-order valence-electron chi connectivity index (χ2n) is 5.19. The third kappa shape index (κ3) is 1.85. The van der Waals surface area contributed by atoms with Crippen LogP contribution >= 0.6 is 0 Å². The predicted octanol–water partition coefficient (Wildman–Crippen LogP) is 5.80. The average Bonchev–Trinajstić information content (AvgIpc) is 2.68. The van der Waals surface area contributed by atoms with Gasteiger partial charge in [0.15, 0.2) is 0 Å². The molecule has 98 valence electrons. The highest BCUT2D eigenvalue weighted by Crippen LogP contribution is 2.35. The van der Waals surface area contributed by atoms with Crippen LogP contribution in [0.2, 0.25) is 0 Å². The Balaban J connectivity index is 2.53. The summed E-state index contributed by atoms with van der Waals surface area (Å²) in [6.45, 7) is 10.2. The quantitative estimate of drug-likeness (QED) is 0.638. The summed E-state index contributed by atoms with van der Waals surface area (Å²) in [5.74, 6) is 0.450. The monoisotopic (exact) mass is 258 g/mol. The molecule has 0 nitrogen and oxygen atoms in total. The van der Waals surface area contributed by atoms with Gasteiger partial charge >= 0.3 is 0 Å². The highest BCUT2D eigenvalue weighted by atomic mass is 14.2. The van der Waals surface area contributed by atoms with Gasteiger partial charge in [0, 0.05) is 0 Å². The first-order chi connectivity index (χ1) is 9.76. The lowest BCUT2D eigenvalue weighted by molar-refractivity contribution is 0.954. The van der Waals surface area contributed by atoms with Crippen LogP contribution in [0.1, 0.15) is 29.2 Å². The van der Waals surface area contributed by atoms with Crippen LogP contribution in [0.15, 0.2) is 49.6 Å². The molecule has 1 unspecified atom stereocenters. The molecule has 0 fully saturated rings. The van der Waals surface area contributed by atoms with Crippen molar-refractivity contribution in [2.24, 2.45) is 5.92 Å². The standard InChI is InChI=1S/C20H18/c1-4-15-16(5-2)19-12-10-14(3)11-13-20(19)18-9-7-6-8-17(15)18/h4-14H,1-2H2,3H3. The summed E-state index contributed by atoms with van der Waals surface area (Å²) in [7, 11) is 0. The molecule has 0 amide bonds. The van der Waals surface area contributed by atoms with E-state index in [2.05, 4.69) is 68.7 Å². The molecule has 0 spiro atoms. The van der Waals surface area contributed by atoms with Crippen molar-refractivity contribution in [1.29, 1.82) is 0 Å². The topological polar surface area (TPSA) is 0 Å². The molecule has 0 saturated carbocycles. The molecule has 2 aromatic rings. The molecule has 0 N–H and O–H groups in total. The third-order valence-corrected chi connectivity index (χ3v) is 3.92. The third-order valence-electron chi connectivity index (χ3n) is 3.92. The van der Waals surface area contributed by atoms with Crippen LogP contribution in [-0.2, 0) is 0 Å². The lowest BCUT2D eigenvalue weighted by Gasteiger charge is -2.15. The fraction of sp³-hybridized carbons (Fsp3) is 0.100. The van der Waals surface area contributed by atoms with Gasteiger partial charge < -0.3 is 0 Å². The summed E-state index contributed by atoms with van der Waals surface area (Å²) in [4.78, 5) is 0. The second kappa shape index (κ2) is 4.97. The maximum absolute atomic E-state index is 4.00. The van der Waals surface area contributed by atoms with Gasteiger partial charge in [-0.05, 0) is 38.9 Å². The van der Waals surface area contributed by atoms with Crippen LogP contribution in [0.5, 0.6) is 0 Å². The normalized spacial score (nSPS) is 16.8. The molecule has 0 saturated heterocycles. The number of allylic oxidation sites excluding steroid dienone is 2. The lowest BCUT2D eigenvalue weighted by atomic mass is 9.89. The van der Waals surface area contributed by atoms with Crippen molar-refractivity contribution in [2.45, 2.75) is 6.92 Å². The van der Waals surface area contributed by atoms with Crippen LogP contribution in [0.3, 0.4) is 0 Å². The molecule has 1 aliphatic carbocycles. The van der Waals surface area contributed by atoms with Crippen LogP contribution in [0.25, 0.3) is 35.1 Å². The molecule has 0 aliphatic heterocycles. The van der Waals surface area contributed by atoms with Gasteiger partial charge in [-0.3, -0.25) is 0 Å². The first-order valence-corrected chi connectivity index (χ1v) is 6.96. The molecule has 0 radical (unpaired) electrons. The largest absolute Gasteiger partial charge is 0.0984 e. The average molecular weight is 258 g/mol. The molecule has 2 aromatic carbocycles. The van der Waals surface area contributed by atoms with Crippen LogP contribution in [-0.4, -0.2) is 0 Å². The minimum atomic E-state index is 0.450. The minimum Gasteiger partial charge on any atom is -0.0984 e. The van der Waals surface area contributed by atoms with Gasteiger partial charge in [0.05, 0.1) is 0 Å². The highest BCUT2D eigenvalue weighted by Gasteiger charge is 2.14. The SMILES string of the molecule is C=Cc1c2c(c3ccccc3c1C=C)C=CC(C)C=C2. The van der Waals surface area contributed by atoms with Crippen molar-refractivity contribution < 1.29 is 0 Å². The van der Waals surface area contributed by atoms with Crippen molar-refractivity contribution in [1.82, 2.24) is 0 Å². The molecule has 1 atom stereocenters. The Kier molecular flexibility index (Phi) is 3.15. The first-order valence-electron chi connectivity index (χ1n) is 6.96. The molecule has 3 rings (SSSR count).